The van der Waals surface area contributed by atoms with E-state index in [4.69, 9.17) is 4.74 Å². The van der Waals surface area contributed by atoms with Crippen molar-refractivity contribution in [2.75, 3.05) is 30.8 Å². The maximum Gasteiger partial charge on any atom is 0.244 e. The topological polar surface area (TPSA) is 96.0 Å². The first-order valence-corrected chi connectivity index (χ1v) is 14.1. The summed E-state index contributed by atoms with van der Waals surface area (Å²) in [5.41, 5.74) is 2.24. The standard InChI is InChI=1S/C27H39N3O5S/c1-7-21-12-14-23(15-13-21)30(36(6,33)34)19-26(31)29(18-22-10-9-11-24(16-22)35-5)25(8-2)27(32)28-17-20(3)4/h9-16,20,25H,7-8,17-19H2,1-6H3,(H,28,32)/t25-/m0/s1. The zero-order valence-electron chi connectivity index (χ0n) is 22.2. The summed E-state index contributed by atoms with van der Waals surface area (Å²) in [5.74, 6) is 0.154. The smallest absolute Gasteiger partial charge is 0.244 e. The number of nitrogens with one attached hydrogen (secondary N) is 1. The van der Waals surface area contributed by atoms with Crippen molar-refractivity contribution in [2.24, 2.45) is 5.92 Å². The second-order valence-corrected chi connectivity index (χ2v) is 11.1. The van der Waals surface area contributed by atoms with Crippen LogP contribution in [0.25, 0.3) is 0 Å². The van der Waals surface area contributed by atoms with E-state index in [9.17, 15) is 18.0 Å². The maximum atomic E-state index is 13.7. The molecule has 0 saturated heterocycles. The van der Waals surface area contributed by atoms with Crippen molar-refractivity contribution >= 4 is 27.5 Å². The molecule has 36 heavy (non-hydrogen) atoms. The summed E-state index contributed by atoms with van der Waals surface area (Å²) in [7, 11) is -2.20. The number of nitrogens with zero attached hydrogens (tertiary/aromatic N) is 2. The first kappa shape index (κ1) is 29.2. The average Bonchev–Trinajstić information content (AvgIpc) is 2.85. The van der Waals surface area contributed by atoms with Gasteiger partial charge in [-0.15, -0.1) is 0 Å². The van der Waals surface area contributed by atoms with Crippen molar-refractivity contribution < 1.29 is 22.7 Å². The van der Waals surface area contributed by atoms with Crippen LogP contribution in [0.3, 0.4) is 0 Å². The third-order valence-corrected chi connectivity index (χ3v) is 7.01. The van der Waals surface area contributed by atoms with Gasteiger partial charge in [0.2, 0.25) is 21.8 Å². The molecule has 0 aliphatic heterocycles. The number of carbonyl (C=O) groups excluding carboxylic acids is 2. The van der Waals surface area contributed by atoms with Gasteiger partial charge in [-0.3, -0.25) is 13.9 Å². The van der Waals surface area contributed by atoms with E-state index in [-0.39, 0.29) is 18.4 Å². The molecule has 1 atom stereocenters. The molecule has 0 fully saturated rings. The van der Waals surface area contributed by atoms with Gasteiger partial charge in [-0.05, 0) is 54.2 Å². The van der Waals surface area contributed by atoms with Crippen molar-refractivity contribution in [2.45, 2.75) is 53.1 Å². The first-order chi connectivity index (χ1) is 17.0. The number of sulfonamides is 1. The Morgan fingerprint density at radius 1 is 1.03 bits per heavy atom. The minimum atomic E-state index is -3.76. The molecular formula is C27H39N3O5S. The summed E-state index contributed by atoms with van der Waals surface area (Å²) in [4.78, 5) is 28.3. The molecule has 0 saturated carbocycles. The molecule has 2 rings (SSSR count). The number of anilines is 1. The highest BCUT2D eigenvalue weighted by atomic mass is 32.2. The molecule has 0 spiro atoms. The van der Waals surface area contributed by atoms with Crippen LogP contribution in [0.2, 0.25) is 0 Å². The molecule has 8 nitrogen and oxygen atoms in total. The third-order valence-electron chi connectivity index (χ3n) is 5.87. The number of hydrogen-bond acceptors (Lipinski definition) is 5. The number of amides is 2. The second-order valence-electron chi connectivity index (χ2n) is 9.23. The third kappa shape index (κ3) is 8.26. The van der Waals surface area contributed by atoms with Crippen LogP contribution < -0.4 is 14.4 Å². The number of rotatable bonds is 13. The van der Waals surface area contributed by atoms with Crippen molar-refractivity contribution in [3.63, 3.8) is 0 Å². The van der Waals surface area contributed by atoms with Crippen molar-refractivity contribution in [1.82, 2.24) is 10.2 Å². The lowest BCUT2D eigenvalue weighted by Gasteiger charge is -2.33. The van der Waals surface area contributed by atoms with Crippen LogP contribution in [0.1, 0.15) is 45.2 Å². The van der Waals surface area contributed by atoms with Crippen LogP contribution in [0.5, 0.6) is 5.75 Å². The summed E-state index contributed by atoms with van der Waals surface area (Å²) < 4.78 is 31.8. The van der Waals surface area contributed by atoms with E-state index < -0.39 is 28.5 Å². The molecule has 0 bridgehead atoms. The largest absolute Gasteiger partial charge is 0.497 e. The number of methoxy groups -OCH3 is 1. The molecule has 0 aromatic heterocycles. The summed E-state index contributed by atoms with van der Waals surface area (Å²) in [6.07, 6.45) is 2.27. The highest BCUT2D eigenvalue weighted by molar-refractivity contribution is 7.92. The lowest BCUT2D eigenvalue weighted by Crippen LogP contribution is -2.52. The van der Waals surface area contributed by atoms with Gasteiger partial charge in [0, 0.05) is 13.1 Å². The van der Waals surface area contributed by atoms with E-state index in [1.165, 1.54) is 4.90 Å². The normalized spacial score (nSPS) is 12.2. The SMILES string of the molecule is CCc1ccc(N(CC(=O)N(Cc2cccc(OC)c2)[C@@H](CC)C(=O)NCC(C)C)S(C)(=O)=O)cc1. The summed E-state index contributed by atoms with van der Waals surface area (Å²) >= 11 is 0. The quantitative estimate of drug-likeness (QED) is 0.438. The Balaban J connectivity index is 2.43. The van der Waals surface area contributed by atoms with Gasteiger partial charge in [0.15, 0.2) is 0 Å². The van der Waals surface area contributed by atoms with Crippen LogP contribution >= 0.6 is 0 Å². The number of benzene rings is 2. The predicted molar refractivity (Wildman–Crippen MR) is 143 cm³/mol. The van der Waals surface area contributed by atoms with E-state index in [1.807, 2.05) is 52.0 Å². The van der Waals surface area contributed by atoms with Gasteiger partial charge in [-0.25, -0.2) is 8.42 Å². The lowest BCUT2D eigenvalue weighted by atomic mass is 10.1. The molecule has 1 N–H and O–H groups in total. The van der Waals surface area contributed by atoms with E-state index in [2.05, 4.69) is 5.32 Å². The van der Waals surface area contributed by atoms with E-state index in [0.717, 1.165) is 28.1 Å². The lowest BCUT2D eigenvalue weighted by molar-refractivity contribution is -0.140. The fourth-order valence-electron chi connectivity index (χ4n) is 3.82. The Morgan fingerprint density at radius 2 is 1.69 bits per heavy atom. The zero-order chi connectivity index (χ0) is 26.9. The molecule has 0 unspecified atom stereocenters. The molecular weight excluding hydrogens is 478 g/mol. The summed E-state index contributed by atoms with van der Waals surface area (Å²) in [5, 5.41) is 2.92. The number of hydrogen-bond donors (Lipinski definition) is 1. The second kappa shape index (κ2) is 13.3. The van der Waals surface area contributed by atoms with Gasteiger partial charge in [-0.2, -0.15) is 0 Å². The molecule has 0 aliphatic carbocycles. The zero-order valence-corrected chi connectivity index (χ0v) is 23.0. The van der Waals surface area contributed by atoms with Gasteiger partial charge in [0.1, 0.15) is 18.3 Å². The number of ether oxygens (including phenoxy) is 1. The molecule has 0 aliphatic rings. The van der Waals surface area contributed by atoms with Crippen LogP contribution in [-0.4, -0.2) is 57.6 Å². The van der Waals surface area contributed by atoms with Crippen LogP contribution in [0, 0.1) is 5.92 Å². The fourth-order valence-corrected chi connectivity index (χ4v) is 4.67. The molecule has 2 aromatic rings. The average molecular weight is 518 g/mol. The Bertz CT molecular complexity index is 1120. The van der Waals surface area contributed by atoms with E-state index in [1.54, 1.807) is 31.4 Å². The van der Waals surface area contributed by atoms with Gasteiger partial charge in [0.25, 0.3) is 0 Å². The van der Waals surface area contributed by atoms with E-state index in [0.29, 0.717) is 24.4 Å². The van der Waals surface area contributed by atoms with Crippen LogP contribution in [0.15, 0.2) is 48.5 Å². The van der Waals surface area contributed by atoms with Crippen LogP contribution in [-0.2, 0) is 32.6 Å². The van der Waals surface area contributed by atoms with Crippen LogP contribution in [0.4, 0.5) is 5.69 Å². The fraction of sp³-hybridized carbons (Fsp3) is 0.481. The van der Waals surface area contributed by atoms with Gasteiger partial charge < -0.3 is 15.0 Å². The highest BCUT2D eigenvalue weighted by Gasteiger charge is 2.31. The summed E-state index contributed by atoms with van der Waals surface area (Å²) in [6.45, 7) is 8.04. The van der Waals surface area contributed by atoms with Crippen molar-refractivity contribution in [3.05, 3.63) is 59.7 Å². The summed E-state index contributed by atoms with van der Waals surface area (Å²) in [6, 6.07) is 13.6. The van der Waals surface area contributed by atoms with Crippen molar-refractivity contribution in [3.8, 4) is 5.75 Å². The maximum absolute atomic E-state index is 13.7. The molecule has 0 radical (unpaired) electrons. The highest BCUT2D eigenvalue weighted by Crippen LogP contribution is 2.21. The number of aryl methyl sites for hydroxylation is 1. The predicted octanol–water partition coefficient (Wildman–Crippen LogP) is 3.60. The molecule has 2 aromatic carbocycles. The Labute approximate surface area is 215 Å². The van der Waals surface area contributed by atoms with Crippen molar-refractivity contribution in [1.29, 1.82) is 0 Å². The Kier molecular flexibility index (Phi) is 10.8. The Morgan fingerprint density at radius 3 is 2.22 bits per heavy atom. The van der Waals surface area contributed by atoms with E-state index >= 15 is 0 Å². The minimum Gasteiger partial charge on any atom is -0.497 e. The van der Waals surface area contributed by atoms with Gasteiger partial charge in [0.05, 0.1) is 19.1 Å². The van der Waals surface area contributed by atoms with Gasteiger partial charge in [-0.1, -0.05) is 52.0 Å². The molecule has 198 valence electrons. The Hall–Kier alpha value is -3.07. The number of carbonyl (C=O) groups is 2. The molecule has 2 amide bonds. The molecule has 0 heterocycles. The first-order valence-electron chi connectivity index (χ1n) is 12.3. The van der Waals surface area contributed by atoms with Gasteiger partial charge >= 0.3 is 0 Å². The minimum absolute atomic E-state index is 0.135. The molecule has 9 heteroatoms. The monoisotopic (exact) mass is 517 g/mol.